The van der Waals surface area contributed by atoms with Crippen molar-refractivity contribution < 1.29 is 10.2 Å². The standard InChI is InChI=1S/C7H15NO2.I2/c1-8(2)4-3-7(5-9)6-10;1-2/h3,9-10H,4-6H2,1-2H3;. The van der Waals surface area contributed by atoms with E-state index in [0.29, 0.717) is 5.57 Å². The zero-order chi connectivity index (χ0) is 9.98. The highest BCUT2D eigenvalue weighted by Gasteiger charge is 1.91. The Hall–Kier alpha value is 1.08. The largest absolute Gasteiger partial charge is 0.392 e. The molecule has 5 heteroatoms. The van der Waals surface area contributed by atoms with E-state index >= 15 is 0 Å². The molecule has 0 saturated carbocycles. The molecule has 0 aromatic heterocycles. The van der Waals surface area contributed by atoms with Crippen LogP contribution in [-0.4, -0.2) is 49.0 Å². The highest BCUT2D eigenvalue weighted by molar-refractivity contribution is 15.0. The van der Waals surface area contributed by atoms with Gasteiger partial charge in [-0.15, -0.1) is 0 Å². The number of hydrogen-bond donors (Lipinski definition) is 2. The summed E-state index contributed by atoms with van der Waals surface area (Å²) in [7, 11) is 3.87. The van der Waals surface area contributed by atoms with Gasteiger partial charge in [0, 0.05) is 43.8 Å². The molecule has 0 atom stereocenters. The maximum Gasteiger partial charge on any atom is 0.0664 e. The van der Waals surface area contributed by atoms with E-state index in [1.165, 1.54) is 0 Å². The number of aliphatic hydroxyl groups is 2. The fraction of sp³-hybridized carbons (Fsp3) is 0.714. The Kier molecular flexibility index (Phi) is 15.7. The van der Waals surface area contributed by atoms with Crippen molar-refractivity contribution in [2.45, 2.75) is 0 Å². The second kappa shape index (κ2) is 12.1. The summed E-state index contributed by atoms with van der Waals surface area (Å²) in [6.45, 7) is 0.658. The second-order valence-electron chi connectivity index (χ2n) is 2.44. The summed E-state index contributed by atoms with van der Waals surface area (Å²) >= 11 is 4.24. The summed E-state index contributed by atoms with van der Waals surface area (Å²) in [6.07, 6.45) is 1.82. The molecule has 0 aromatic carbocycles. The van der Waals surface area contributed by atoms with Gasteiger partial charge < -0.3 is 15.1 Å². The van der Waals surface area contributed by atoms with E-state index < -0.39 is 0 Å². The molecule has 0 bridgehead atoms. The van der Waals surface area contributed by atoms with Crippen LogP contribution in [0.1, 0.15) is 0 Å². The third-order valence-electron chi connectivity index (χ3n) is 1.15. The molecular weight excluding hydrogens is 384 g/mol. The maximum absolute atomic E-state index is 8.59. The topological polar surface area (TPSA) is 43.7 Å². The lowest BCUT2D eigenvalue weighted by Crippen LogP contribution is -2.12. The molecule has 0 amide bonds. The van der Waals surface area contributed by atoms with Crippen molar-refractivity contribution in [3.05, 3.63) is 11.6 Å². The first kappa shape index (κ1) is 15.5. The van der Waals surface area contributed by atoms with Gasteiger partial charge in [0.25, 0.3) is 0 Å². The van der Waals surface area contributed by atoms with Crippen LogP contribution in [0.15, 0.2) is 11.6 Å². The van der Waals surface area contributed by atoms with Crippen molar-refractivity contribution in [3.63, 3.8) is 0 Å². The molecule has 0 aliphatic heterocycles. The Bertz CT molecular complexity index is 112. The number of likely N-dealkylation sites (N-methyl/N-ethyl adjacent to an activating group) is 1. The van der Waals surface area contributed by atoms with Crippen molar-refractivity contribution in [3.8, 4) is 0 Å². The molecule has 0 radical (unpaired) electrons. The maximum atomic E-state index is 8.59. The number of halogens is 2. The monoisotopic (exact) mass is 399 g/mol. The number of aliphatic hydroxyl groups excluding tert-OH is 2. The quantitative estimate of drug-likeness (QED) is 0.553. The highest BCUT2D eigenvalue weighted by atomic mass is 128. The van der Waals surface area contributed by atoms with Crippen LogP contribution in [0.5, 0.6) is 0 Å². The molecular formula is C7H15I2NO2. The third-order valence-corrected chi connectivity index (χ3v) is 1.15. The second-order valence-corrected chi connectivity index (χ2v) is 2.44. The number of nitrogens with zero attached hydrogens (tertiary/aromatic N) is 1. The van der Waals surface area contributed by atoms with Crippen LogP contribution in [-0.2, 0) is 0 Å². The fourth-order valence-corrected chi connectivity index (χ4v) is 0.491. The predicted octanol–water partition coefficient (Wildman–Crippen LogP) is 1.23. The molecule has 3 nitrogen and oxygen atoms in total. The van der Waals surface area contributed by atoms with E-state index in [-0.39, 0.29) is 13.2 Å². The van der Waals surface area contributed by atoms with E-state index in [9.17, 15) is 0 Å². The molecule has 0 aromatic rings. The lowest BCUT2D eigenvalue weighted by molar-refractivity contribution is 0.275. The average molecular weight is 399 g/mol. The van der Waals surface area contributed by atoms with Gasteiger partial charge in [-0.2, -0.15) is 0 Å². The minimum atomic E-state index is -0.0513. The summed E-state index contributed by atoms with van der Waals surface area (Å²) in [5, 5.41) is 17.2. The highest BCUT2D eigenvalue weighted by Crippen LogP contribution is 1.90. The number of rotatable bonds is 4. The Balaban J connectivity index is 0. The van der Waals surface area contributed by atoms with Gasteiger partial charge in [-0.3, -0.25) is 0 Å². The van der Waals surface area contributed by atoms with Crippen LogP contribution in [0.4, 0.5) is 0 Å². The predicted molar refractivity (Wildman–Crippen MR) is 68.8 cm³/mol. The Labute approximate surface area is 97.2 Å². The van der Waals surface area contributed by atoms with E-state index in [1.807, 2.05) is 25.1 Å². The molecule has 0 heterocycles. The average Bonchev–Trinajstić information content (AvgIpc) is 2.09. The summed E-state index contributed by atoms with van der Waals surface area (Å²) < 4.78 is 0. The Morgan fingerprint density at radius 2 is 1.67 bits per heavy atom. The van der Waals surface area contributed by atoms with Crippen LogP contribution in [0.3, 0.4) is 0 Å². The van der Waals surface area contributed by atoms with Gasteiger partial charge in [-0.1, -0.05) is 6.08 Å². The van der Waals surface area contributed by atoms with E-state index in [0.717, 1.165) is 6.54 Å². The van der Waals surface area contributed by atoms with Gasteiger partial charge in [0.15, 0.2) is 0 Å². The van der Waals surface area contributed by atoms with Crippen molar-refractivity contribution >= 4 is 37.2 Å². The van der Waals surface area contributed by atoms with Crippen molar-refractivity contribution in [1.29, 1.82) is 0 Å². The van der Waals surface area contributed by atoms with E-state index in [1.54, 1.807) is 0 Å². The van der Waals surface area contributed by atoms with E-state index in [4.69, 9.17) is 10.2 Å². The van der Waals surface area contributed by atoms with Crippen LogP contribution < -0.4 is 0 Å². The third kappa shape index (κ3) is 11.1. The molecule has 0 spiro atoms. The first-order chi connectivity index (χ1) is 5.70. The van der Waals surface area contributed by atoms with Gasteiger partial charge in [0.05, 0.1) is 13.2 Å². The van der Waals surface area contributed by atoms with Crippen molar-refractivity contribution in [2.24, 2.45) is 0 Å². The summed E-state index contributed by atoms with van der Waals surface area (Å²) in [4.78, 5) is 1.96. The first-order valence-electron chi connectivity index (χ1n) is 3.39. The Morgan fingerprint density at radius 1 is 1.25 bits per heavy atom. The normalized spacial score (nSPS) is 8.92. The summed E-state index contributed by atoms with van der Waals surface area (Å²) in [6, 6.07) is 0. The minimum absolute atomic E-state index is 0.0513. The van der Waals surface area contributed by atoms with Gasteiger partial charge >= 0.3 is 0 Å². The molecule has 0 fully saturated rings. The molecule has 0 aliphatic carbocycles. The zero-order valence-corrected chi connectivity index (χ0v) is 11.6. The minimum Gasteiger partial charge on any atom is -0.392 e. The molecule has 12 heavy (non-hydrogen) atoms. The van der Waals surface area contributed by atoms with Crippen LogP contribution in [0.25, 0.3) is 0 Å². The van der Waals surface area contributed by atoms with Gasteiger partial charge in [-0.25, -0.2) is 0 Å². The van der Waals surface area contributed by atoms with Crippen LogP contribution >= 0.6 is 37.2 Å². The molecule has 0 rings (SSSR count). The molecule has 0 saturated heterocycles. The molecule has 74 valence electrons. The fourth-order valence-electron chi connectivity index (χ4n) is 0.491. The van der Waals surface area contributed by atoms with Crippen LogP contribution in [0.2, 0.25) is 0 Å². The van der Waals surface area contributed by atoms with Crippen molar-refractivity contribution in [1.82, 2.24) is 4.90 Å². The van der Waals surface area contributed by atoms with Gasteiger partial charge in [-0.05, 0) is 19.7 Å². The molecule has 0 unspecified atom stereocenters. The van der Waals surface area contributed by atoms with Crippen molar-refractivity contribution in [2.75, 3.05) is 33.9 Å². The molecule has 2 N–H and O–H groups in total. The van der Waals surface area contributed by atoms with E-state index in [2.05, 4.69) is 37.2 Å². The van der Waals surface area contributed by atoms with Gasteiger partial charge in [0.2, 0.25) is 0 Å². The summed E-state index contributed by atoms with van der Waals surface area (Å²) in [5.41, 5.74) is 0.675. The van der Waals surface area contributed by atoms with Gasteiger partial charge in [0.1, 0.15) is 0 Å². The zero-order valence-electron chi connectivity index (χ0n) is 7.30. The lowest BCUT2D eigenvalue weighted by Gasteiger charge is -2.05. The number of hydrogen-bond acceptors (Lipinski definition) is 3. The summed E-state index contributed by atoms with van der Waals surface area (Å²) in [5.74, 6) is 0. The SMILES string of the molecule is CN(C)CC=C(CO)CO.II. The smallest absolute Gasteiger partial charge is 0.0664 e. The van der Waals surface area contributed by atoms with Crippen LogP contribution in [0, 0.1) is 0 Å². The first-order valence-corrected chi connectivity index (χ1v) is 9.68. The molecule has 0 aliphatic rings. The Morgan fingerprint density at radius 3 is 1.92 bits per heavy atom. The lowest BCUT2D eigenvalue weighted by atomic mass is 10.3.